The number of amides is 1. The standard InChI is InChI=1S/C21H19N3O6/c1-29-14-7-3-12(4-8-14)17(13-5-9-15(30-2)10-6-13)23-19(25)16-11-22-18(21(27)28)24-20(16)26/h3-11,17H,1-2H3,(H,23,25)(H,27,28)(H,22,24,26). The van der Waals surface area contributed by atoms with E-state index >= 15 is 0 Å². The minimum atomic E-state index is -1.39. The van der Waals surface area contributed by atoms with Crippen LogP contribution >= 0.6 is 0 Å². The van der Waals surface area contributed by atoms with Crippen molar-refractivity contribution >= 4 is 11.9 Å². The highest BCUT2D eigenvalue weighted by Gasteiger charge is 2.21. The second kappa shape index (κ2) is 8.91. The van der Waals surface area contributed by atoms with Crippen LogP contribution in [0.2, 0.25) is 0 Å². The zero-order valence-corrected chi connectivity index (χ0v) is 16.2. The second-order valence-corrected chi connectivity index (χ2v) is 6.23. The van der Waals surface area contributed by atoms with E-state index in [9.17, 15) is 14.4 Å². The Balaban J connectivity index is 1.96. The summed E-state index contributed by atoms with van der Waals surface area (Å²) in [4.78, 5) is 41.6. The van der Waals surface area contributed by atoms with Gasteiger partial charge in [0.25, 0.3) is 11.5 Å². The van der Waals surface area contributed by atoms with E-state index in [2.05, 4.69) is 15.3 Å². The van der Waals surface area contributed by atoms with Gasteiger partial charge < -0.3 is 24.9 Å². The maximum atomic E-state index is 12.8. The van der Waals surface area contributed by atoms with Gasteiger partial charge in [0, 0.05) is 6.20 Å². The number of carboxylic acid groups (broad SMARTS) is 1. The predicted octanol–water partition coefficient (Wildman–Crippen LogP) is 2.00. The summed E-state index contributed by atoms with van der Waals surface area (Å²) in [5.74, 6) is -1.32. The van der Waals surface area contributed by atoms with E-state index in [1.807, 2.05) is 0 Å². The average Bonchev–Trinajstić information content (AvgIpc) is 2.77. The van der Waals surface area contributed by atoms with E-state index < -0.39 is 29.3 Å². The van der Waals surface area contributed by atoms with Crippen molar-refractivity contribution in [3.8, 4) is 11.5 Å². The first-order valence-corrected chi connectivity index (χ1v) is 8.84. The number of carbonyl (C=O) groups is 2. The summed E-state index contributed by atoms with van der Waals surface area (Å²) in [5, 5.41) is 11.7. The van der Waals surface area contributed by atoms with Gasteiger partial charge in [-0.15, -0.1) is 0 Å². The molecule has 9 nitrogen and oxygen atoms in total. The number of ether oxygens (including phenoxy) is 2. The van der Waals surface area contributed by atoms with Gasteiger partial charge in [0.2, 0.25) is 5.82 Å². The molecule has 0 fully saturated rings. The number of nitrogens with zero attached hydrogens (tertiary/aromatic N) is 1. The van der Waals surface area contributed by atoms with Crippen LogP contribution in [-0.2, 0) is 0 Å². The number of carboxylic acids is 1. The molecule has 3 rings (SSSR count). The highest BCUT2D eigenvalue weighted by atomic mass is 16.5. The quantitative estimate of drug-likeness (QED) is 0.544. The minimum Gasteiger partial charge on any atom is -0.497 e. The van der Waals surface area contributed by atoms with Crippen LogP contribution in [-0.4, -0.2) is 41.2 Å². The lowest BCUT2D eigenvalue weighted by Crippen LogP contribution is -2.34. The largest absolute Gasteiger partial charge is 0.497 e. The van der Waals surface area contributed by atoms with Crippen LogP contribution in [0.3, 0.4) is 0 Å². The van der Waals surface area contributed by atoms with Gasteiger partial charge in [0.15, 0.2) is 0 Å². The molecule has 0 aliphatic rings. The first-order chi connectivity index (χ1) is 14.4. The van der Waals surface area contributed by atoms with Gasteiger partial charge in [0.1, 0.15) is 17.1 Å². The third kappa shape index (κ3) is 4.46. The number of methoxy groups -OCH3 is 2. The summed E-state index contributed by atoms with van der Waals surface area (Å²) in [5.41, 5.74) is 0.358. The van der Waals surface area contributed by atoms with Gasteiger partial charge in [-0.2, -0.15) is 0 Å². The van der Waals surface area contributed by atoms with E-state index in [4.69, 9.17) is 14.6 Å². The summed E-state index contributed by atoms with van der Waals surface area (Å²) >= 11 is 0. The number of rotatable bonds is 7. The fraction of sp³-hybridized carbons (Fsp3) is 0.143. The maximum Gasteiger partial charge on any atom is 0.372 e. The Bertz CT molecular complexity index is 1060. The number of aromatic amines is 1. The van der Waals surface area contributed by atoms with Crippen LogP contribution in [0.25, 0.3) is 0 Å². The van der Waals surface area contributed by atoms with E-state index in [1.54, 1.807) is 62.8 Å². The third-order valence-corrected chi connectivity index (χ3v) is 4.42. The van der Waals surface area contributed by atoms with Crippen molar-refractivity contribution in [1.82, 2.24) is 15.3 Å². The Morgan fingerprint density at radius 3 is 1.87 bits per heavy atom. The normalized spacial score (nSPS) is 10.5. The molecule has 0 aliphatic heterocycles. The molecule has 30 heavy (non-hydrogen) atoms. The summed E-state index contributed by atoms with van der Waals surface area (Å²) in [6.45, 7) is 0. The van der Waals surface area contributed by atoms with Crippen molar-refractivity contribution in [2.24, 2.45) is 0 Å². The fourth-order valence-electron chi connectivity index (χ4n) is 2.83. The lowest BCUT2D eigenvalue weighted by molar-refractivity contribution is 0.0682. The number of hydrogen-bond donors (Lipinski definition) is 3. The van der Waals surface area contributed by atoms with Crippen molar-refractivity contribution in [1.29, 1.82) is 0 Å². The Hall–Kier alpha value is -4.14. The van der Waals surface area contributed by atoms with Gasteiger partial charge in [-0.1, -0.05) is 24.3 Å². The van der Waals surface area contributed by atoms with Crippen LogP contribution in [0.1, 0.15) is 38.1 Å². The molecule has 0 bridgehead atoms. The van der Waals surface area contributed by atoms with Crippen molar-refractivity contribution in [2.75, 3.05) is 14.2 Å². The first-order valence-electron chi connectivity index (χ1n) is 8.84. The molecule has 0 saturated heterocycles. The number of H-pyrrole nitrogens is 1. The Kier molecular flexibility index (Phi) is 6.11. The molecule has 0 saturated carbocycles. The van der Waals surface area contributed by atoms with Crippen LogP contribution in [0.4, 0.5) is 0 Å². The maximum absolute atomic E-state index is 12.8. The lowest BCUT2D eigenvalue weighted by Gasteiger charge is -2.20. The van der Waals surface area contributed by atoms with Crippen LogP contribution in [0.5, 0.6) is 11.5 Å². The number of aromatic carboxylic acids is 1. The van der Waals surface area contributed by atoms with E-state index in [0.29, 0.717) is 11.5 Å². The molecule has 3 aromatic rings. The average molecular weight is 409 g/mol. The predicted molar refractivity (Wildman–Crippen MR) is 107 cm³/mol. The zero-order chi connectivity index (χ0) is 21.7. The second-order valence-electron chi connectivity index (χ2n) is 6.23. The number of aromatic nitrogens is 2. The van der Waals surface area contributed by atoms with Crippen molar-refractivity contribution < 1.29 is 24.2 Å². The van der Waals surface area contributed by atoms with Gasteiger partial charge in [0.05, 0.1) is 20.3 Å². The summed E-state index contributed by atoms with van der Waals surface area (Å²) < 4.78 is 10.4. The molecular weight excluding hydrogens is 390 g/mol. The fourth-order valence-corrected chi connectivity index (χ4v) is 2.83. The molecule has 3 N–H and O–H groups in total. The number of hydrogen-bond acceptors (Lipinski definition) is 6. The Labute approximate surface area is 171 Å². The van der Waals surface area contributed by atoms with Crippen molar-refractivity contribution in [3.05, 3.63) is 87.6 Å². The molecule has 1 aromatic heterocycles. The zero-order valence-electron chi connectivity index (χ0n) is 16.2. The topological polar surface area (TPSA) is 131 Å². The molecular formula is C21H19N3O6. The first kappa shape index (κ1) is 20.6. The van der Waals surface area contributed by atoms with Crippen molar-refractivity contribution in [3.63, 3.8) is 0 Å². The van der Waals surface area contributed by atoms with E-state index in [-0.39, 0.29) is 5.56 Å². The number of benzene rings is 2. The smallest absolute Gasteiger partial charge is 0.372 e. The molecule has 0 atom stereocenters. The molecule has 1 amide bonds. The molecule has 0 aliphatic carbocycles. The Morgan fingerprint density at radius 2 is 1.47 bits per heavy atom. The summed E-state index contributed by atoms with van der Waals surface area (Å²) in [6.07, 6.45) is 0.941. The molecule has 154 valence electrons. The summed E-state index contributed by atoms with van der Waals surface area (Å²) in [7, 11) is 3.11. The Morgan fingerprint density at radius 1 is 0.967 bits per heavy atom. The van der Waals surface area contributed by atoms with Crippen LogP contribution in [0.15, 0.2) is 59.5 Å². The molecule has 1 heterocycles. The van der Waals surface area contributed by atoms with Crippen molar-refractivity contribution in [2.45, 2.75) is 6.04 Å². The van der Waals surface area contributed by atoms with E-state index in [1.165, 1.54) is 0 Å². The van der Waals surface area contributed by atoms with Crippen LogP contribution in [0, 0.1) is 0 Å². The van der Waals surface area contributed by atoms with E-state index in [0.717, 1.165) is 17.3 Å². The SMILES string of the molecule is COc1ccc(C(NC(=O)c2cnc(C(=O)O)[nH]c2=O)c2ccc(OC)cc2)cc1. The molecule has 0 unspecified atom stereocenters. The monoisotopic (exact) mass is 409 g/mol. The molecule has 0 spiro atoms. The molecule has 0 radical (unpaired) electrons. The summed E-state index contributed by atoms with van der Waals surface area (Å²) in [6, 6.07) is 13.6. The van der Waals surface area contributed by atoms with Gasteiger partial charge in [-0.05, 0) is 35.4 Å². The van der Waals surface area contributed by atoms with Gasteiger partial charge >= 0.3 is 5.97 Å². The number of carbonyl (C=O) groups excluding carboxylic acids is 1. The highest BCUT2D eigenvalue weighted by Crippen LogP contribution is 2.26. The lowest BCUT2D eigenvalue weighted by atomic mass is 9.98. The van der Waals surface area contributed by atoms with Gasteiger partial charge in [-0.3, -0.25) is 9.59 Å². The third-order valence-electron chi connectivity index (χ3n) is 4.42. The molecule has 9 heteroatoms. The van der Waals surface area contributed by atoms with Gasteiger partial charge in [-0.25, -0.2) is 9.78 Å². The highest BCUT2D eigenvalue weighted by molar-refractivity contribution is 5.94. The van der Waals surface area contributed by atoms with Crippen LogP contribution < -0.4 is 20.3 Å². The minimum absolute atomic E-state index is 0.299. The molecule has 2 aromatic carbocycles. The number of nitrogens with one attached hydrogen (secondary N) is 2.